The van der Waals surface area contributed by atoms with Crippen LogP contribution in [-0.4, -0.2) is 9.97 Å². The highest BCUT2D eigenvalue weighted by Crippen LogP contribution is 2.42. The van der Waals surface area contributed by atoms with Crippen molar-refractivity contribution in [1.82, 2.24) is 9.97 Å². The van der Waals surface area contributed by atoms with Crippen molar-refractivity contribution >= 4 is 52.9 Å². The minimum atomic E-state index is 0.361. The molecule has 0 N–H and O–H groups in total. The quantitative estimate of drug-likeness (QED) is 0.178. The van der Waals surface area contributed by atoms with E-state index in [1.54, 1.807) is 0 Å². The molecule has 1 atom stereocenters. The topological polar surface area (TPSA) is 25.8 Å². The number of aromatic nitrogens is 2. The van der Waals surface area contributed by atoms with E-state index >= 15 is 0 Å². The highest BCUT2D eigenvalue weighted by atomic mass is 32.1. The molecule has 0 fully saturated rings. The second-order valence-corrected chi connectivity index (χ2v) is 13.8. The molecule has 0 spiro atoms. The van der Waals surface area contributed by atoms with Crippen molar-refractivity contribution in [3.05, 3.63) is 144 Å². The van der Waals surface area contributed by atoms with Gasteiger partial charge in [0, 0.05) is 59.2 Å². The van der Waals surface area contributed by atoms with Crippen molar-refractivity contribution in [1.29, 1.82) is 0 Å². The third-order valence-electron chi connectivity index (χ3n) is 8.88. The Kier molecular flexibility index (Phi) is 7.25. The summed E-state index contributed by atoms with van der Waals surface area (Å²) in [6, 6.07) is 41.7. The van der Waals surface area contributed by atoms with Gasteiger partial charge < -0.3 is 0 Å². The van der Waals surface area contributed by atoms with Crippen LogP contribution in [0.4, 0.5) is 0 Å². The van der Waals surface area contributed by atoms with E-state index in [9.17, 15) is 0 Å². The van der Waals surface area contributed by atoms with Crippen LogP contribution in [0.15, 0.2) is 128 Å². The third-order valence-corrected chi connectivity index (χ3v) is 11.5. The maximum absolute atomic E-state index is 4.87. The first kappa shape index (κ1) is 27.9. The van der Waals surface area contributed by atoms with E-state index in [1.807, 2.05) is 35.1 Å². The molecule has 0 saturated carbocycles. The number of nitrogens with zero attached hydrogens (tertiary/aromatic N) is 2. The van der Waals surface area contributed by atoms with Gasteiger partial charge in [-0.3, -0.25) is 0 Å². The number of aryl methyl sites for hydroxylation is 1. The van der Waals surface area contributed by atoms with Crippen molar-refractivity contribution in [2.24, 2.45) is 0 Å². The van der Waals surface area contributed by atoms with Crippen LogP contribution in [0.5, 0.6) is 0 Å². The summed E-state index contributed by atoms with van der Waals surface area (Å²) in [5, 5.41) is 4.01. The van der Waals surface area contributed by atoms with Gasteiger partial charge in [0.25, 0.3) is 0 Å². The molecule has 0 aliphatic carbocycles. The van der Waals surface area contributed by atoms with Crippen molar-refractivity contribution in [3.8, 4) is 33.6 Å². The number of hydrogen-bond acceptors (Lipinski definition) is 4. The summed E-state index contributed by atoms with van der Waals surface area (Å²) in [6.45, 7) is 4.56. The average molecular weight is 617 g/mol. The zero-order chi connectivity index (χ0) is 30.3. The minimum Gasteiger partial charge on any atom is -0.236 e. The molecule has 0 radical (unpaired) electrons. The SMILES string of the molecule is CCCC(c1cccc(-c2ncc(-c3cccc(-c4cccc5c4sc4ccccc45)c3)cn2)c1)c1sc2ccccc2c1C. The Morgan fingerprint density at radius 2 is 1.27 bits per heavy atom. The monoisotopic (exact) mass is 616 g/mol. The van der Waals surface area contributed by atoms with Crippen molar-refractivity contribution < 1.29 is 0 Å². The van der Waals surface area contributed by atoms with Crippen LogP contribution < -0.4 is 0 Å². The van der Waals surface area contributed by atoms with E-state index in [0.717, 1.165) is 35.4 Å². The summed E-state index contributed by atoms with van der Waals surface area (Å²) < 4.78 is 4.02. The van der Waals surface area contributed by atoms with Crippen LogP contribution in [0.2, 0.25) is 0 Å². The van der Waals surface area contributed by atoms with Gasteiger partial charge in [-0.2, -0.15) is 0 Å². The van der Waals surface area contributed by atoms with Gasteiger partial charge in [-0.05, 0) is 70.8 Å². The summed E-state index contributed by atoms with van der Waals surface area (Å²) in [5.41, 5.74) is 8.41. The minimum absolute atomic E-state index is 0.361. The van der Waals surface area contributed by atoms with E-state index in [0.29, 0.717) is 5.92 Å². The average Bonchev–Trinajstić information content (AvgIpc) is 3.65. The largest absolute Gasteiger partial charge is 0.236 e. The molecule has 218 valence electrons. The molecule has 8 rings (SSSR count). The van der Waals surface area contributed by atoms with Gasteiger partial charge in [0.15, 0.2) is 5.82 Å². The predicted octanol–water partition coefficient (Wildman–Crippen LogP) is 12.3. The fraction of sp³-hybridized carbons (Fsp3) is 0.122. The molecule has 4 heteroatoms. The van der Waals surface area contributed by atoms with Crippen LogP contribution in [0.1, 0.15) is 41.7 Å². The van der Waals surface area contributed by atoms with Crippen LogP contribution in [0.25, 0.3) is 63.9 Å². The van der Waals surface area contributed by atoms with Gasteiger partial charge >= 0.3 is 0 Å². The van der Waals surface area contributed by atoms with Gasteiger partial charge in [-0.1, -0.05) is 104 Å². The van der Waals surface area contributed by atoms with Crippen LogP contribution in [0, 0.1) is 6.92 Å². The lowest BCUT2D eigenvalue weighted by Crippen LogP contribution is -2.01. The molecule has 2 nitrogen and oxygen atoms in total. The first-order chi connectivity index (χ1) is 22.2. The van der Waals surface area contributed by atoms with E-state index in [-0.39, 0.29) is 0 Å². The number of hydrogen-bond donors (Lipinski definition) is 0. The lowest BCUT2D eigenvalue weighted by molar-refractivity contribution is 0.706. The zero-order valence-corrected chi connectivity index (χ0v) is 27.0. The molecule has 8 aromatic rings. The van der Waals surface area contributed by atoms with Crippen molar-refractivity contribution in [2.45, 2.75) is 32.6 Å². The second-order valence-electron chi connectivity index (χ2n) is 11.7. The maximum atomic E-state index is 4.87. The van der Waals surface area contributed by atoms with Gasteiger partial charge in [0.2, 0.25) is 0 Å². The number of fused-ring (bicyclic) bond motifs is 4. The molecule has 3 aromatic heterocycles. The van der Waals surface area contributed by atoms with Gasteiger partial charge in [-0.25, -0.2) is 9.97 Å². The Bertz CT molecular complexity index is 2310. The van der Waals surface area contributed by atoms with E-state index in [2.05, 4.69) is 129 Å². The maximum Gasteiger partial charge on any atom is 0.159 e. The first-order valence-electron chi connectivity index (χ1n) is 15.6. The summed E-state index contributed by atoms with van der Waals surface area (Å²) >= 11 is 3.80. The summed E-state index contributed by atoms with van der Waals surface area (Å²) in [4.78, 5) is 11.2. The fourth-order valence-corrected chi connectivity index (χ4v) is 9.24. The third kappa shape index (κ3) is 5.04. The van der Waals surface area contributed by atoms with Crippen LogP contribution in [0.3, 0.4) is 0 Å². The first-order valence-corrected chi connectivity index (χ1v) is 17.2. The molecule has 0 aliphatic rings. The Morgan fingerprint density at radius 1 is 0.600 bits per heavy atom. The molecule has 5 aromatic carbocycles. The summed E-state index contributed by atoms with van der Waals surface area (Å²) in [7, 11) is 0. The molecule has 0 saturated heterocycles. The molecule has 0 amide bonds. The highest BCUT2D eigenvalue weighted by molar-refractivity contribution is 7.26. The number of thiophene rings is 2. The molecule has 45 heavy (non-hydrogen) atoms. The normalized spacial score (nSPS) is 12.3. The van der Waals surface area contributed by atoms with Gasteiger partial charge in [0.05, 0.1) is 0 Å². The Hall–Kier alpha value is -4.64. The highest BCUT2D eigenvalue weighted by Gasteiger charge is 2.20. The van der Waals surface area contributed by atoms with E-state index in [1.165, 1.54) is 57.4 Å². The molecule has 1 unspecified atom stereocenters. The summed E-state index contributed by atoms with van der Waals surface area (Å²) in [6.07, 6.45) is 6.17. The Balaban J connectivity index is 1.11. The smallest absolute Gasteiger partial charge is 0.159 e. The lowest BCUT2D eigenvalue weighted by Gasteiger charge is -2.17. The number of rotatable bonds is 7. The molecule has 0 bridgehead atoms. The van der Waals surface area contributed by atoms with Crippen LogP contribution in [-0.2, 0) is 0 Å². The van der Waals surface area contributed by atoms with Crippen molar-refractivity contribution in [3.63, 3.8) is 0 Å². The zero-order valence-electron chi connectivity index (χ0n) is 25.3. The standard InChI is InChI=1S/C41H32N2S2/c1-3-11-33(39-26(2)32-16-4-6-20-37(32)44-39)29-14-9-15-30(23-29)41-42-24-31(25-43-41)27-12-8-13-28(22-27)34-18-10-19-36-35-17-5-7-21-38(35)45-40(34)36/h4-10,12-25,33H,3,11H2,1-2H3. The molecular weight excluding hydrogens is 585 g/mol. The second kappa shape index (κ2) is 11.7. The molecule has 0 aliphatic heterocycles. The van der Waals surface area contributed by atoms with Crippen LogP contribution >= 0.6 is 22.7 Å². The van der Waals surface area contributed by atoms with E-state index in [4.69, 9.17) is 9.97 Å². The lowest BCUT2D eigenvalue weighted by atomic mass is 9.89. The van der Waals surface area contributed by atoms with Crippen molar-refractivity contribution in [2.75, 3.05) is 0 Å². The Labute approximate surface area is 271 Å². The number of benzene rings is 5. The Morgan fingerprint density at radius 3 is 2.07 bits per heavy atom. The molecule has 3 heterocycles. The van der Waals surface area contributed by atoms with E-state index < -0.39 is 0 Å². The van der Waals surface area contributed by atoms with Gasteiger partial charge in [0.1, 0.15) is 0 Å². The summed E-state index contributed by atoms with van der Waals surface area (Å²) in [5.74, 6) is 1.12. The predicted molar refractivity (Wildman–Crippen MR) is 195 cm³/mol. The fourth-order valence-electron chi connectivity index (χ4n) is 6.62. The van der Waals surface area contributed by atoms with Gasteiger partial charge in [-0.15, -0.1) is 22.7 Å². The molecular formula is C41H32N2S2.